The first-order chi connectivity index (χ1) is 13.4. The standard InChI is InChI=1S/C19H24N6O2S/c1-3-5-15-11-18(25-9-8-17(13-25)24-28(2,26)27)23-19(21-15)22-16-7-4-6-14(10-16)12-20/h4,6-7,10-11,17,24H,3,5,8-9,13H2,1-2H3,(H,21,22,23)/t17-/m0/s1. The summed E-state index contributed by atoms with van der Waals surface area (Å²) in [4.78, 5) is 11.3. The van der Waals surface area contributed by atoms with Gasteiger partial charge in [-0.1, -0.05) is 19.4 Å². The van der Waals surface area contributed by atoms with Crippen LogP contribution in [0.15, 0.2) is 30.3 Å². The Kier molecular flexibility index (Phi) is 6.11. The molecule has 1 aliphatic rings. The van der Waals surface area contributed by atoms with E-state index < -0.39 is 10.0 Å². The molecule has 1 aromatic heterocycles. The molecule has 2 N–H and O–H groups in total. The molecule has 148 valence electrons. The summed E-state index contributed by atoms with van der Waals surface area (Å²) in [5.41, 5.74) is 2.23. The minimum atomic E-state index is -3.23. The molecule has 1 fully saturated rings. The second-order valence-electron chi connectivity index (χ2n) is 6.93. The highest BCUT2D eigenvalue weighted by molar-refractivity contribution is 7.88. The second-order valence-corrected chi connectivity index (χ2v) is 8.71. The number of benzene rings is 1. The Morgan fingerprint density at radius 1 is 1.32 bits per heavy atom. The lowest BCUT2D eigenvalue weighted by molar-refractivity contribution is 0.567. The van der Waals surface area contributed by atoms with Gasteiger partial charge in [0.15, 0.2) is 0 Å². The van der Waals surface area contributed by atoms with Gasteiger partial charge < -0.3 is 10.2 Å². The number of rotatable bonds is 7. The van der Waals surface area contributed by atoms with Crippen LogP contribution >= 0.6 is 0 Å². The van der Waals surface area contributed by atoms with E-state index in [1.807, 2.05) is 12.1 Å². The van der Waals surface area contributed by atoms with Crippen molar-refractivity contribution in [2.24, 2.45) is 0 Å². The zero-order valence-corrected chi connectivity index (χ0v) is 16.8. The van der Waals surface area contributed by atoms with E-state index in [-0.39, 0.29) is 6.04 Å². The van der Waals surface area contributed by atoms with Gasteiger partial charge in [-0.05, 0) is 31.0 Å². The van der Waals surface area contributed by atoms with E-state index in [1.54, 1.807) is 18.2 Å². The fourth-order valence-corrected chi connectivity index (χ4v) is 4.05. The molecule has 28 heavy (non-hydrogen) atoms. The molecule has 8 nitrogen and oxygen atoms in total. The zero-order chi connectivity index (χ0) is 20.1. The third-order valence-corrected chi connectivity index (χ3v) is 5.17. The Morgan fingerprint density at radius 2 is 2.14 bits per heavy atom. The molecular formula is C19H24N6O2S. The third kappa shape index (κ3) is 5.41. The fourth-order valence-electron chi connectivity index (χ4n) is 3.25. The molecule has 1 aromatic carbocycles. The molecule has 2 aromatic rings. The maximum atomic E-state index is 11.5. The van der Waals surface area contributed by atoms with Gasteiger partial charge in [-0.15, -0.1) is 0 Å². The summed E-state index contributed by atoms with van der Waals surface area (Å²) in [7, 11) is -3.23. The molecule has 0 unspecified atom stereocenters. The van der Waals surface area contributed by atoms with Gasteiger partial charge in [0.1, 0.15) is 5.82 Å². The molecule has 9 heteroatoms. The van der Waals surface area contributed by atoms with E-state index in [4.69, 9.17) is 5.26 Å². The van der Waals surface area contributed by atoms with E-state index in [2.05, 4.69) is 37.9 Å². The lowest BCUT2D eigenvalue weighted by Crippen LogP contribution is -2.36. The van der Waals surface area contributed by atoms with E-state index in [0.717, 1.165) is 43.0 Å². The first-order valence-electron chi connectivity index (χ1n) is 9.23. The second kappa shape index (κ2) is 8.54. The number of nitrogens with zero attached hydrogens (tertiary/aromatic N) is 4. The van der Waals surface area contributed by atoms with Gasteiger partial charge in [-0.25, -0.2) is 18.1 Å². The van der Waals surface area contributed by atoms with Crippen LogP contribution in [0, 0.1) is 11.3 Å². The van der Waals surface area contributed by atoms with E-state index >= 15 is 0 Å². The maximum absolute atomic E-state index is 11.5. The van der Waals surface area contributed by atoms with Gasteiger partial charge in [-0.2, -0.15) is 10.2 Å². The molecule has 0 radical (unpaired) electrons. The molecule has 1 aliphatic heterocycles. The summed E-state index contributed by atoms with van der Waals surface area (Å²) in [5, 5.41) is 12.3. The van der Waals surface area contributed by atoms with Crippen LogP contribution < -0.4 is 14.9 Å². The van der Waals surface area contributed by atoms with Crippen LogP contribution in [0.1, 0.15) is 31.0 Å². The van der Waals surface area contributed by atoms with Gasteiger partial charge in [-0.3, -0.25) is 0 Å². The molecule has 0 saturated carbocycles. The van der Waals surface area contributed by atoms with Crippen LogP contribution in [0.4, 0.5) is 17.5 Å². The Hall–Kier alpha value is -2.70. The Bertz CT molecular complexity index is 986. The van der Waals surface area contributed by atoms with Crippen LogP contribution in [-0.2, 0) is 16.4 Å². The summed E-state index contributed by atoms with van der Waals surface area (Å²) in [6, 6.07) is 11.1. The van der Waals surface area contributed by atoms with Crippen molar-refractivity contribution in [2.45, 2.75) is 32.2 Å². The number of sulfonamides is 1. The molecular weight excluding hydrogens is 376 g/mol. The van der Waals surface area contributed by atoms with Crippen molar-refractivity contribution in [1.29, 1.82) is 5.26 Å². The molecule has 0 bridgehead atoms. The maximum Gasteiger partial charge on any atom is 0.229 e. The highest BCUT2D eigenvalue weighted by Crippen LogP contribution is 2.23. The number of hydrogen-bond acceptors (Lipinski definition) is 7. The number of anilines is 3. The molecule has 1 saturated heterocycles. The van der Waals surface area contributed by atoms with Crippen LogP contribution in [0.5, 0.6) is 0 Å². The van der Waals surface area contributed by atoms with Crippen molar-refractivity contribution in [3.63, 3.8) is 0 Å². The lowest BCUT2D eigenvalue weighted by Gasteiger charge is -2.19. The normalized spacial score (nSPS) is 16.8. The average molecular weight is 401 g/mol. The van der Waals surface area contributed by atoms with E-state index in [1.165, 1.54) is 6.26 Å². The van der Waals surface area contributed by atoms with Gasteiger partial charge in [0, 0.05) is 36.6 Å². The Balaban J connectivity index is 1.82. The molecule has 1 atom stereocenters. The number of nitriles is 1. The number of aromatic nitrogens is 2. The highest BCUT2D eigenvalue weighted by atomic mass is 32.2. The van der Waals surface area contributed by atoms with Crippen LogP contribution in [0.2, 0.25) is 0 Å². The average Bonchev–Trinajstić information content (AvgIpc) is 3.08. The van der Waals surface area contributed by atoms with Crippen molar-refractivity contribution in [3.8, 4) is 6.07 Å². The van der Waals surface area contributed by atoms with Crippen molar-refractivity contribution >= 4 is 27.5 Å². The monoisotopic (exact) mass is 400 g/mol. The SMILES string of the molecule is CCCc1cc(N2CC[C@H](NS(C)(=O)=O)C2)nc(Nc2cccc(C#N)c2)n1. The lowest BCUT2D eigenvalue weighted by atomic mass is 10.2. The van der Waals surface area contributed by atoms with E-state index in [9.17, 15) is 8.42 Å². The van der Waals surface area contributed by atoms with Crippen molar-refractivity contribution in [3.05, 3.63) is 41.6 Å². The predicted octanol–water partition coefficient (Wildman–Crippen LogP) is 2.17. The first-order valence-corrected chi connectivity index (χ1v) is 11.1. The smallest absolute Gasteiger partial charge is 0.229 e. The molecule has 3 rings (SSSR count). The molecule has 0 amide bonds. The Labute approximate surface area is 165 Å². The predicted molar refractivity (Wildman–Crippen MR) is 109 cm³/mol. The van der Waals surface area contributed by atoms with Crippen LogP contribution in [0.25, 0.3) is 0 Å². The summed E-state index contributed by atoms with van der Waals surface area (Å²) in [6.07, 6.45) is 3.68. The Morgan fingerprint density at radius 3 is 2.86 bits per heavy atom. The largest absolute Gasteiger partial charge is 0.355 e. The number of nitrogens with one attached hydrogen (secondary N) is 2. The van der Waals surface area contributed by atoms with Gasteiger partial charge in [0.05, 0.1) is 17.9 Å². The molecule has 2 heterocycles. The minimum absolute atomic E-state index is 0.122. The van der Waals surface area contributed by atoms with Gasteiger partial charge >= 0.3 is 0 Å². The summed E-state index contributed by atoms with van der Waals surface area (Å²) in [5.74, 6) is 1.24. The van der Waals surface area contributed by atoms with Crippen LogP contribution in [0.3, 0.4) is 0 Å². The fraction of sp³-hybridized carbons (Fsp3) is 0.421. The third-order valence-electron chi connectivity index (χ3n) is 4.41. The summed E-state index contributed by atoms with van der Waals surface area (Å²) < 4.78 is 25.6. The summed E-state index contributed by atoms with van der Waals surface area (Å²) in [6.45, 7) is 3.38. The minimum Gasteiger partial charge on any atom is -0.355 e. The number of aryl methyl sites for hydroxylation is 1. The topological polar surface area (TPSA) is 111 Å². The van der Waals surface area contributed by atoms with Crippen molar-refractivity contribution in [1.82, 2.24) is 14.7 Å². The molecule has 0 spiro atoms. The highest BCUT2D eigenvalue weighted by Gasteiger charge is 2.26. The van der Waals surface area contributed by atoms with Crippen molar-refractivity contribution in [2.75, 3.05) is 29.6 Å². The van der Waals surface area contributed by atoms with Crippen molar-refractivity contribution < 1.29 is 8.42 Å². The van der Waals surface area contributed by atoms with Gasteiger partial charge in [0.2, 0.25) is 16.0 Å². The zero-order valence-electron chi connectivity index (χ0n) is 16.0. The quantitative estimate of drug-likeness (QED) is 0.733. The summed E-state index contributed by atoms with van der Waals surface area (Å²) >= 11 is 0. The van der Waals surface area contributed by atoms with Gasteiger partial charge in [0.25, 0.3) is 0 Å². The van der Waals surface area contributed by atoms with E-state index in [0.29, 0.717) is 18.1 Å². The van der Waals surface area contributed by atoms with Crippen LogP contribution in [-0.4, -0.2) is 43.8 Å². The first kappa shape index (κ1) is 20.0. The molecule has 0 aliphatic carbocycles. The number of hydrogen-bond donors (Lipinski definition) is 2.